The van der Waals surface area contributed by atoms with Gasteiger partial charge in [-0.05, 0) is 43.7 Å². The van der Waals surface area contributed by atoms with Crippen LogP contribution in [0.15, 0.2) is 12.1 Å². The van der Waals surface area contributed by atoms with Gasteiger partial charge in [0, 0.05) is 48.7 Å². The predicted octanol–water partition coefficient (Wildman–Crippen LogP) is 3.41. The van der Waals surface area contributed by atoms with Gasteiger partial charge in [-0.3, -0.25) is 9.69 Å². The van der Waals surface area contributed by atoms with E-state index < -0.39 is 0 Å². The monoisotopic (exact) mass is 270 g/mol. The molecule has 1 aromatic carbocycles. The van der Waals surface area contributed by atoms with Crippen molar-refractivity contribution in [1.82, 2.24) is 9.47 Å². The molecule has 2 aromatic rings. The van der Waals surface area contributed by atoms with Crippen LogP contribution in [0.2, 0.25) is 0 Å². The van der Waals surface area contributed by atoms with Crippen LogP contribution >= 0.6 is 0 Å². The molecule has 0 saturated carbocycles. The van der Waals surface area contributed by atoms with Crippen LogP contribution in [0.4, 0.5) is 0 Å². The molecule has 1 aromatic heterocycles. The number of hydrogen-bond acceptors (Lipinski definition) is 2. The highest BCUT2D eigenvalue weighted by Crippen LogP contribution is 2.32. The van der Waals surface area contributed by atoms with Gasteiger partial charge in [-0.1, -0.05) is 6.92 Å². The molecule has 0 saturated heterocycles. The molecule has 106 valence electrons. The summed E-state index contributed by atoms with van der Waals surface area (Å²) in [6, 6.07) is 4.51. The third-order valence-electron chi connectivity index (χ3n) is 4.45. The van der Waals surface area contributed by atoms with E-state index in [1.807, 2.05) is 0 Å². The van der Waals surface area contributed by atoms with E-state index in [9.17, 15) is 4.79 Å². The number of ketones is 1. The SMILES string of the molecule is CCCC(=O)c1c(C)n(C)c2cc3c(cc12)CN(C)C3. The van der Waals surface area contributed by atoms with Gasteiger partial charge >= 0.3 is 0 Å². The zero-order valence-corrected chi connectivity index (χ0v) is 12.8. The normalized spacial score (nSPS) is 15.0. The van der Waals surface area contributed by atoms with E-state index in [0.717, 1.165) is 36.2 Å². The number of aromatic nitrogens is 1. The number of Topliss-reactive ketones (excluding diaryl/α,β-unsaturated/α-hetero) is 1. The molecule has 0 bridgehead atoms. The van der Waals surface area contributed by atoms with E-state index in [1.54, 1.807) is 0 Å². The molecule has 3 nitrogen and oxygen atoms in total. The van der Waals surface area contributed by atoms with E-state index in [4.69, 9.17) is 0 Å². The number of nitrogens with zero attached hydrogens (tertiary/aromatic N) is 2. The Morgan fingerprint density at radius 1 is 1.20 bits per heavy atom. The molecule has 0 N–H and O–H groups in total. The summed E-state index contributed by atoms with van der Waals surface area (Å²) in [5.74, 6) is 0.280. The van der Waals surface area contributed by atoms with E-state index in [0.29, 0.717) is 6.42 Å². The Morgan fingerprint density at radius 2 is 1.85 bits per heavy atom. The van der Waals surface area contributed by atoms with Crippen molar-refractivity contribution in [3.05, 3.63) is 34.5 Å². The lowest BCUT2D eigenvalue weighted by Crippen LogP contribution is -2.07. The summed E-state index contributed by atoms with van der Waals surface area (Å²) in [4.78, 5) is 14.7. The maximum atomic E-state index is 12.4. The minimum atomic E-state index is 0.280. The molecule has 0 unspecified atom stereocenters. The van der Waals surface area contributed by atoms with Gasteiger partial charge < -0.3 is 4.57 Å². The zero-order chi connectivity index (χ0) is 14.4. The van der Waals surface area contributed by atoms with Crippen molar-refractivity contribution < 1.29 is 4.79 Å². The van der Waals surface area contributed by atoms with Gasteiger partial charge in [-0.2, -0.15) is 0 Å². The first kappa shape index (κ1) is 13.4. The minimum Gasteiger partial charge on any atom is -0.347 e. The van der Waals surface area contributed by atoms with Gasteiger partial charge in [0.15, 0.2) is 5.78 Å². The largest absolute Gasteiger partial charge is 0.347 e. The van der Waals surface area contributed by atoms with Crippen molar-refractivity contribution in [3.63, 3.8) is 0 Å². The fourth-order valence-electron chi connectivity index (χ4n) is 3.33. The molecule has 0 amide bonds. The Kier molecular flexibility index (Phi) is 3.17. The number of rotatable bonds is 3. The smallest absolute Gasteiger partial charge is 0.165 e. The number of fused-ring (bicyclic) bond motifs is 2. The molecule has 1 aliphatic rings. The van der Waals surface area contributed by atoms with E-state index in [-0.39, 0.29) is 5.78 Å². The van der Waals surface area contributed by atoms with Crippen molar-refractivity contribution in [3.8, 4) is 0 Å². The Bertz CT molecular complexity index is 697. The Morgan fingerprint density at radius 3 is 2.50 bits per heavy atom. The lowest BCUT2D eigenvalue weighted by Gasteiger charge is -2.03. The Balaban J connectivity index is 2.23. The molecular formula is C17H22N2O. The summed E-state index contributed by atoms with van der Waals surface area (Å²) in [5, 5.41) is 1.14. The van der Waals surface area contributed by atoms with E-state index >= 15 is 0 Å². The standard InChI is InChI=1S/C17H22N2O/c1-5-6-16(20)17-11(2)19(4)15-8-13-10-18(3)9-12(13)7-14(15)17/h7-8H,5-6,9-10H2,1-4H3. The maximum absolute atomic E-state index is 12.4. The molecule has 0 spiro atoms. The van der Waals surface area contributed by atoms with Gasteiger partial charge in [-0.15, -0.1) is 0 Å². The lowest BCUT2D eigenvalue weighted by atomic mass is 10.0. The van der Waals surface area contributed by atoms with E-state index in [1.165, 1.54) is 16.6 Å². The molecule has 1 aliphatic heterocycles. The first-order chi connectivity index (χ1) is 9.52. The number of hydrogen-bond donors (Lipinski definition) is 0. The average Bonchev–Trinajstić information content (AvgIpc) is 2.86. The minimum absolute atomic E-state index is 0.280. The van der Waals surface area contributed by atoms with Crippen LogP contribution in [0.25, 0.3) is 10.9 Å². The fourth-order valence-corrected chi connectivity index (χ4v) is 3.33. The van der Waals surface area contributed by atoms with Gasteiger partial charge in [-0.25, -0.2) is 0 Å². The summed E-state index contributed by atoms with van der Waals surface area (Å²) in [5.41, 5.74) is 5.99. The Hall–Kier alpha value is -1.61. The van der Waals surface area contributed by atoms with Crippen molar-refractivity contribution in [2.24, 2.45) is 7.05 Å². The highest BCUT2D eigenvalue weighted by molar-refractivity contribution is 6.09. The second-order valence-corrected chi connectivity index (χ2v) is 6.00. The zero-order valence-electron chi connectivity index (χ0n) is 12.8. The predicted molar refractivity (Wildman–Crippen MR) is 82.1 cm³/mol. The van der Waals surface area contributed by atoms with E-state index in [2.05, 4.69) is 49.5 Å². The number of carbonyl (C=O) groups is 1. The van der Waals surface area contributed by atoms with Crippen LogP contribution in [0, 0.1) is 6.92 Å². The third-order valence-corrected chi connectivity index (χ3v) is 4.45. The average molecular weight is 270 g/mol. The molecule has 3 rings (SSSR count). The van der Waals surface area contributed by atoms with Crippen molar-refractivity contribution in [2.45, 2.75) is 39.8 Å². The van der Waals surface area contributed by atoms with Crippen LogP contribution < -0.4 is 0 Å². The first-order valence-corrected chi connectivity index (χ1v) is 7.35. The molecular weight excluding hydrogens is 248 g/mol. The quantitative estimate of drug-likeness (QED) is 0.799. The first-order valence-electron chi connectivity index (χ1n) is 7.35. The van der Waals surface area contributed by atoms with Gasteiger partial charge in [0.1, 0.15) is 0 Å². The summed E-state index contributed by atoms with van der Waals surface area (Å²) in [7, 11) is 4.20. The van der Waals surface area contributed by atoms with Crippen molar-refractivity contribution in [2.75, 3.05) is 7.05 Å². The lowest BCUT2D eigenvalue weighted by molar-refractivity contribution is 0.0982. The summed E-state index contributed by atoms with van der Waals surface area (Å²) in [6.45, 7) is 6.11. The fraction of sp³-hybridized carbons (Fsp3) is 0.471. The van der Waals surface area contributed by atoms with Crippen LogP contribution in [0.3, 0.4) is 0 Å². The maximum Gasteiger partial charge on any atom is 0.165 e. The van der Waals surface area contributed by atoms with Crippen LogP contribution in [0.1, 0.15) is 46.9 Å². The van der Waals surface area contributed by atoms with Crippen molar-refractivity contribution in [1.29, 1.82) is 0 Å². The molecule has 0 radical (unpaired) electrons. The highest BCUT2D eigenvalue weighted by Gasteiger charge is 2.22. The molecule has 0 atom stereocenters. The van der Waals surface area contributed by atoms with Gasteiger partial charge in [0.25, 0.3) is 0 Å². The molecule has 0 aliphatic carbocycles. The van der Waals surface area contributed by atoms with Gasteiger partial charge in [0.05, 0.1) is 0 Å². The third kappa shape index (κ3) is 1.88. The number of benzene rings is 1. The summed E-state index contributed by atoms with van der Waals surface area (Å²) < 4.78 is 2.16. The second-order valence-electron chi connectivity index (χ2n) is 6.00. The van der Waals surface area contributed by atoms with Crippen molar-refractivity contribution >= 4 is 16.7 Å². The topological polar surface area (TPSA) is 25.2 Å². The van der Waals surface area contributed by atoms with Crippen LogP contribution in [-0.4, -0.2) is 22.3 Å². The van der Waals surface area contributed by atoms with Crippen LogP contribution in [-0.2, 0) is 20.1 Å². The Labute approximate surface area is 120 Å². The second kappa shape index (κ2) is 4.74. The molecule has 2 heterocycles. The molecule has 3 heteroatoms. The summed E-state index contributed by atoms with van der Waals surface area (Å²) >= 11 is 0. The number of carbonyl (C=O) groups excluding carboxylic acids is 1. The van der Waals surface area contributed by atoms with Crippen LogP contribution in [0.5, 0.6) is 0 Å². The number of aryl methyl sites for hydroxylation is 1. The molecule has 0 fully saturated rings. The highest BCUT2D eigenvalue weighted by atomic mass is 16.1. The van der Waals surface area contributed by atoms with Gasteiger partial charge in [0.2, 0.25) is 0 Å². The summed E-state index contributed by atoms with van der Waals surface area (Å²) in [6.07, 6.45) is 1.54. The molecule has 20 heavy (non-hydrogen) atoms.